The Morgan fingerprint density at radius 2 is 1.46 bits per heavy atom. The number of nitrogens with two attached hydrogens (primary N) is 1. The number of rotatable bonds is 2. The molecule has 0 aromatic rings. The Kier molecular flexibility index (Phi) is 3.23. The molecule has 0 heterocycles. The normalized spacial score (nSPS) is 36.7. The van der Waals surface area contributed by atoms with Crippen LogP contribution in [-0.2, 0) is 4.74 Å². The van der Waals surface area contributed by atoms with E-state index in [1.54, 1.807) is 0 Å². The van der Waals surface area contributed by atoms with Crippen LogP contribution in [0.3, 0.4) is 0 Å². The van der Waals surface area contributed by atoms with E-state index in [4.69, 9.17) is 10.5 Å². The summed E-state index contributed by atoms with van der Waals surface area (Å²) < 4.78 is 6.04. The van der Waals surface area contributed by atoms with E-state index in [1.165, 1.54) is 44.9 Å². The summed E-state index contributed by atoms with van der Waals surface area (Å²) in [5.74, 6) is 0. The summed E-state index contributed by atoms with van der Waals surface area (Å²) in [5, 5.41) is 0. The third kappa shape index (κ3) is 2.44. The van der Waals surface area contributed by atoms with Gasteiger partial charge in [0.25, 0.3) is 0 Å². The summed E-state index contributed by atoms with van der Waals surface area (Å²) in [6, 6.07) is 0.314. The van der Waals surface area contributed by atoms with Crippen LogP contribution in [0, 0.1) is 0 Å². The van der Waals surface area contributed by atoms with Crippen molar-refractivity contribution in [3.8, 4) is 0 Å². The lowest BCUT2D eigenvalue weighted by Gasteiger charge is -2.30. The largest absolute Gasteiger partial charge is 0.373 e. The number of hydrogen-bond donors (Lipinski definition) is 1. The Morgan fingerprint density at radius 3 is 2.15 bits per heavy atom. The molecule has 2 rings (SSSR count). The fourth-order valence-electron chi connectivity index (χ4n) is 2.57. The molecular weight excluding hydrogens is 162 g/mol. The van der Waals surface area contributed by atoms with Gasteiger partial charge in [-0.05, 0) is 25.7 Å². The maximum Gasteiger partial charge on any atom is 0.0729 e. The predicted octanol–water partition coefficient (Wildman–Crippen LogP) is 2.22. The van der Waals surface area contributed by atoms with Gasteiger partial charge in [0.05, 0.1) is 12.2 Å². The van der Waals surface area contributed by atoms with Crippen molar-refractivity contribution in [1.29, 1.82) is 0 Å². The van der Waals surface area contributed by atoms with Crippen LogP contribution in [0.5, 0.6) is 0 Å². The standard InChI is InChI=1S/C11H21NO/c12-10-7-3-4-8-11(10)13-9-5-1-2-6-9/h9-11H,1-8,12H2/t10-,11-/m1/s1. The maximum atomic E-state index is 6.04. The molecule has 0 aromatic heterocycles. The smallest absolute Gasteiger partial charge is 0.0729 e. The van der Waals surface area contributed by atoms with Crippen molar-refractivity contribution < 1.29 is 4.74 Å². The van der Waals surface area contributed by atoms with Crippen LogP contribution in [0.1, 0.15) is 51.4 Å². The minimum absolute atomic E-state index is 0.314. The van der Waals surface area contributed by atoms with Crippen LogP contribution in [0.25, 0.3) is 0 Å². The molecule has 2 nitrogen and oxygen atoms in total. The molecule has 0 bridgehead atoms. The lowest BCUT2D eigenvalue weighted by molar-refractivity contribution is -0.0359. The minimum atomic E-state index is 0.314. The van der Waals surface area contributed by atoms with Gasteiger partial charge in [-0.2, -0.15) is 0 Å². The van der Waals surface area contributed by atoms with Gasteiger partial charge in [-0.1, -0.05) is 25.7 Å². The molecule has 13 heavy (non-hydrogen) atoms. The highest BCUT2D eigenvalue weighted by molar-refractivity contribution is 4.80. The molecular formula is C11H21NO. The van der Waals surface area contributed by atoms with Crippen LogP contribution in [0.4, 0.5) is 0 Å². The van der Waals surface area contributed by atoms with E-state index in [0.29, 0.717) is 18.2 Å². The van der Waals surface area contributed by atoms with E-state index >= 15 is 0 Å². The van der Waals surface area contributed by atoms with Crippen molar-refractivity contribution in [1.82, 2.24) is 0 Å². The van der Waals surface area contributed by atoms with E-state index in [9.17, 15) is 0 Å². The first kappa shape index (κ1) is 9.47. The zero-order valence-electron chi connectivity index (χ0n) is 8.37. The van der Waals surface area contributed by atoms with Crippen molar-refractivity contribution >= 4 is 0 Å². The molecule has 76 valence electrons. The van der Waals surface area contributed by atoms with Gasteiger partial charge in [-0.15, -0.1) is 0 Å². The monoisotopic (exact) mass is 183 g/mol. The Hall–Kier alpha value is -0.0800. The molecule has 0 spiro atoms. The van der Waals surface area contributed by atoms with E-state index in [0.717, 1.165) is 6.42 Å². The van der Waals surface area contributed by atoms with Crippen molar-refractivity contribution in [2.75, 3.05) is 0 Å². The summed E-state index contributed by atoms with van der Waals surface area (Å²) in [6.45, 7) is 0. The van der Waals surface area contributed by atoms with Crippen LogP contribution in [-0.4, -0.2) is 18.2 Å². The van der Waals surface area contributed by atoms with Gasteiger partial charge in [0.15, 0.2) is 0 Å². The molecule has 0 aromatic carbocycles. The number of hydrogen-bond acceptors (Lipinski definition) is 2. The molecule has 0 unspecified atom stereocenters. The second kappa shape index (κ2) is 4.43. The molecule has 0 saturated heterocycles. The Labute approximate surface area is 80.8 Å². The molecule has 2 atom stereocenters. The highest BCUT2D eigenvalue weighted by Crippen LogP contribution is 2.27. The minimum Gasteiger partial charge on any atom is -0.373 e. The van der Waals surface area contributed by atoms with E-state index in [2.05, 4.69) is 0 Å². The van der Waals surface area contributed by atoms with Crippen LogP contribution in [0.15, 0.2) is 0 Å². The first-order chi connectivity index (χ1) is 6.36. The lowest BCUT2D eigenvalue weighted by Crippen LogP contribution is -2.41. The van der Waals surface area contributed by atoms with Gasteiger partial charge < -0.3 is 10.5 Å². The summed E-state index contributed by atoms with van der Waals surface area (Å²) >= 11 is 0. The Bertz CT molecular complexity index is 154. The first-order valence-electron chi connectivity index (χ1n) is 5.77. The van der Waals surface area contributed by atoms with Crippen LogP contribution >= 0.6 is 0 Å². The van der Waals surface area contributed by atoms with Gasteiger partial charge in [-0.3, -0.25) is 0 Å². The third-order valence-corrected chi connectivity index (χ3v) is 3.42. The quantitative estimate of drug-likeness (QED) is 0.712. The molecule has 2 fully saturated rings. The predicted molar refractivity (Wildman–Crippen MR) is 53.6 cm³/mol. The summed E-state index contributed by atoms with van der Waals surface area (Å²) in [6.07, 6.45) is 11.1. The zero-order chi connectivity index (χ0) is 9.10. The van der Waals surface area contributed by atoms with Gasteiger partial charge in [0.2, 0.25) is 0 Å². The van der Waals surface area contributed by atoms with Crippen LogP contribution < -0.4 is 5.73 Å². The van der Waals surface area contributed by atoms with Gasteiger partial charge in [0.1, 0.15) is 0 Å². The van der Waals surface area contributed by atoms with Crippen molar-refractivity contribution in [3.63, 3.8) is 0 Å². The average molecular weight is 183 g/mol. The average Bonchev–Trinajstić information content (AvgIpc) is 2.61. The van der Waals surface area contributed by atoms with E-state index in [-0.39, 0.29) is 0 Å². The first-order valence-corrected chi connectivity index (χ1v) is 5.77. The second-order valence-corrected chi connectivity index (χ2v) is 4.53. The molecule has 0 aliphatic heterocycles. The maximum absolute atomic E-state index is 6.04. The highest BCUT2D eigenvalue weighted by Gasteiger charge is 2.26. The SMILES string of the molecule is N[C@@H]1CCCC[C@H]1OC1CCCC1. The fraction of sp³-hybridized carbons (Fsp3) is 1.00. The molecule has 2 aliphatic rings. The summed E-state index contributed by atoms with van der Waals surface area (Å²) in [4.78, 5) is 0. The van der Waals surface area contributed by atoms with E-state index < -0.39 is 0 Å². The summed E-state index contributed by atoms with van der Waals surface area (Å²) in [7, 11) is 0. The summed E-state index contributed by atoms with van der Waals surface area (Å²) in [5.41, 5.74) is 6.03. The second-order valence-electron chi connectivity index (χ2n) is 4.53. The van der Waals surface area contributed by atoms with E-state index in [1.807, 2.05) is 0 Å². The van der Waals surface area contributed by atoms with Crippen molar-refractivity contribution in [3.05, 3.63) is 0 Å². The fourth-order valence-corrected chi connectivity index (χ4v) is 2.57. The van der Waals surface area contributed by atoms with Crippen LogP contribution in [0.2, 0.25) is 0 Å². The zero-order valence-corrected chi connectivity index (χ0v) is 8.37. The Morgan fingerprint density at radius 1 is 0.846 bits per heavy atom. The number of ether oxygens (including phenoxy) is 1. The molecule has 0 amide bonds. The molecule has 2 aliphatic carbocycles. The topological polar surface area (TPSA) is 35.2 Å². The van der Waals surface area contributed by atoms with Gasteiger partial charge in [0, 0.05) is 6.04 Å². The molecule has 2 N–H and O–H groups in total. The lowest BCUT2D eigenvalue weighted by atomic mass is 9.93. The molecule has 2 saturated carbocycles. The highest BCUT2D eigenvalue weighted by atomic mass is 16.5. The molecule has 2 heteroatoms. The molecule has 0 radical (unpaired) electrons. The van der Waals surface area contributed by atoms with Gasteiger partial charge in [-0.25, -0.2) is 0 Å². The van der Waals surface area contributed by atoms with Crippen molar-refractivity contribution in [2.45, 2.75) is 69.6 Å². The van der Waals surface area contributed by atoms with Gasteiger partial charge >= 0.3 is 0 Å². The third-order valence-electron chi connectivity index (χ3n) is 3.42. The Balaban J connectivity index is 1.78. The van der Waals surface area contributed by atoms with Crippen molar-refractivity contribution in [2.24, 2.45) is 5.73 Å².